The van der Waals surface area contributed by atoms with Crippen LogP contribution in [0.4, 0.5) is 0 Å². The Morgan fingerprint density at radius 3 is 2.67 bits per heavy atom. The molecule has 2 fully saturated rings. The number of carbonyl (C=O) groups is 3. The molecule has 2 aliphatic rings. The Kier molecular flexibility index (Phi) is 4.79. The van der Waals surface area contributed by atoms with E-state index in [0.29, 0.717) is 32.5 Å². The Bertz CT molecular complexity index is 440. The van der Waals surface area contributed by atoms with Crippen LogP contribution < -0.4 is 11.3 Å². The van der Waals surface area contributed by atoms with Crippen LogP contribution in [0.5, 0.6) is 0 Å². The van der Waals surface area contributed by atoms with Gasteiger partial charge in [0.2, 0.25) is 0 Å². The lowest BCUT2D eigenvalue weighted by Crippen LogP contribution is -2.57. The lowest BCUT2D eigenvalue weighted by atomic mass is 10.1. The Labute approximate surface area is 123 Å². The molecular weight excluding hydrogens is 276 g/mol. The highest BCUT2D eigenvalue weighted by atomic mass is 16.5. The van der Waals surface area contributed by atoms with Gasteiger partial charge in [-0.15, -0.1) is 0 Å². The molecule has 8 nitrogen and oxygen atoms in total. The Morgan fingerprint density at radius 2 is 2.05 bits per heavy atom. The van der Waals surface area contributed by atoms with E-state index in [0.717, 1.165) is 0 Å². The van der Waals surface area contributed by atoms with Gasteiger partial charge in [0.15, 0.2) is 0 Å². The summed E-state index contributed by atoms with van der Waals surface area (Å²) in [5, 5.41) is 0. The largest absolute Gasteiger partial charge is 0.363 e. The van der Waals surface area contributed by atoms with E-state index in [1.54, 1.807) is 4.90 Å². The number of nitrogens with two attached hydrogens (primary N) is 1. The van der Waals surface area contributed by atoms with Gasteiger partial charge in [0, 0.05) is 25.7 Å². The lowest BCUT2D eigenvalue weighted by Gasteiger charge is -2.36. The van der Waals surface area contributed by atoms with Crippen molar-refractivity contribution in [1.29, 1.82) is 0 Å². The second-order valence-corrected chi connectivity index (χ2v) is 5.68. The van der Waals surface area contributed by atoms with Gasteiger partial charge in [-0.1, -0.05) is 0 Å². The van der Waals surface area contributed by atoms with E-state index in [2.05, 4.69) is 5.43 Å². The number of carbonyl (C=O) groups excluding carboxylic acids is 3. The Hall–Kier alpha value is -1.67. The molecule has 2 aliphatic heterocycles. The van der Waals surface area contributed by atoms with Crippen LogP contribution in [0.3, 0.4) is 0 Å². The van der Waals surface area contributed by atoms with Crippen molar-refractivity contribution in [3.05, 3.63) is 0 Å². The molecule has 3 amide bonds. The molecule has 21 heavy (non-hydrogen) atoms. The summed E-state index contributed by atoms with van der Waals surface area (Å²) < 4.78 is 5.56. The van der Waals surface area contributed by atoms with Gasteiger partial charge in [0.25, 0.3) is 5.91 Å². The quantitative estimate of drug-likeness (QED) is 0.287. The molecule has 2 unspecified atom stereocenters. The monoisotopic (exact) mass is 298 g/mol. The van der Waals surface area contributed by atoms with Crippen LogP contribution in [-0.2, 0) is 19.1 Å². The molecule has 0 bridgehead atoms. The van der Waals surface area contributed by atoms with Crippen molar-refractivity contribution in [3.8, 4) is 0 Å². The smallest absolute Gasteiger partial charge is 0.312 e. The number of amides is 3. The molecule has 0 radical (unpaired) electrons. The van der Waals surface area contributed by atoms with E-state index in [4.69, 9.17) is 10.6 Å². The molecule has 0 aliphatic carbocycles. The molecule has 3 N–H and O–H groups in total. The number of hydrogen-bond donors (Lipinski definition) is 2. The molecule has 2 saturated heterocycles. The average Bonchev–Trinajstić information content (AvgIpc) is 2.91. The summed E-state index contributed by atoms with van der Waals surface area (Å²) in [7, 11) is 0. The number of rotatable bonds is 4. The fourth-order valence-corrected chi connectivity index (χ4v) is 2.73. The van der Waals surface area contributed by atoms with E-state index in [1.165, 1.54) is 4.90 Å². The first-order valence-electron chi connectivity index (χ1n) is 7.19. The van der Waals surface area contributed by atoms with E-state index < -0.39 is 17.9 Å². The molecule has 0 spiro atoms. The van der Waals surface area contributed by atoms with E-state index in [9.17, 15) is 14.4 Å². The van der Waals surface area contributed by atoms with Crippen LogP contribution in [0, 0.1) is 0 Å². The first kappa shape index (κ1) is 15.7. The van der Waals surface area contributed by atoms with E-state index in [-0.39, 0.29) is 18.1 Å². The first-order chi connectivity index (χ1) is 9.93. The van der Waals surface area contributed by atoms with Crippen molar-refractivity contribution in [2.75, 3.05) is 19.6 Å². The molecule has 0 aromatic heterocycles. The van der Waals surface area contributed by atoms with E-state index >= 15 is 0 Å². The van der Waals surface area contributed by atoms with Crippen molar-refractivity contribution < 1.29 is 19.1 Å². The van der Waals surface area contributed by atoms with Crippen molar-refractivity contribution in [2.45, 2.75) is 44.9 Å². The van der Waals surface area contributed by atoms with Crippen LogP contribution in [-0.4, -0.2) is 65.4 Å². The molecule has 0 aromatic rings. The van der Waals surface area contributed by atoms with E-state index in [1.807, 2.05) is 13.8 Å². The maximum absolute atomic E-state index is 12.1. The summed E-state index contributed by atoms with van der Waals surface area (Å²) in [6.07, 6.45) is 0.448. The van der Waals surface area contributed by atoms with Gasteiger partial charge in [-0.25, -0.2) is 5.84 Å². The summed E-state index contributed by atoms with van der Waals surface area (Å²) in [6, 6.07) is 0.0176. The predicted octanol–water partition coefficient (Wildman–Crippen LogP) is -1.40. The van der Waals surface area contributed by atoms with Crippen LogP contribution in [0.1, 0.15) is 26.7 Å². The van der Waals surface area contributed by atoms with Crippen LogP contribution in [0.25, 0.3) is 0 Å². The third-order valence-electron chi connectivity index (χ3n) is 3.93. The van der Waals surface area contributed by atoms with Gasteiger partial charge in [-0.05, 0) is 26.7 Å². The zero-order valence-corrected chi connectivity index (χ0v) is 12.4. The standard InChI is InChI=1S/C13H22N4O4/c1-8(2)17-6-5-16(12(19)13(17)20)7-9-3-4-10(21-9)11(18)15-14/h8-10H,3-7,14H2,1-2H3,(H,15,18). The summed E-state index contributed by atoms with van der Waals surface area (Å²) in [5.74, 6) is 3.75. The van der Waals surface area contributed by atoms with Crippen molar-refractivity contribution in [2.24, 2.45) is 5.84 Å². The second-order valence-electron chi connectivity index (χ2n) is 5.68. The van der Waals surface area contributed by atoms with Crippen LogP contribution >= 0.6 is 0 Å². The Morgan fingerprint density at radius 1 is 1.33 bits per heavy atom. The minimum absolute atomic E-state index is 0.0176. The first-order valence-corrected chi connectivity index (χ1v) is 7.19. The minimum Gasteiger partial charge on any atom is -0.363 e. The highest BCUT2D eigenvalue weighted by Crippen LogP contribution is 2.21. The fraction of sp³-hybridized carbons (Fsp3) is 0.769. The van der Waals surface area contributed by atoms with Gasteiger partial charge in [-0.3, -0.25) is 19.8 Å². The topological polar surface area (TPSA) is 105 Å². The molecule has 8 heteroatoms. The maximum atomic E-state index is 12.1. The molecular formula is C13H22N4O4. The maximum Gasteiger partial charge on any atom is 0.312 e. The third-order valence-corrected chi connectivity index (χ3v) is 3.93. The molecule has 118 valence electrons. The summed E-state index contributed by atoms with van der Waals surface area (Å²) in [6.45, 7) is 5.14. The van der Waals surface area contributed by atoms with Crippen LogP contribution in [0.15, 0.2) is 0 Å². The van der Waals surface area contributed by atoms with Gasteiger partial charge < -0.3 is 14.5 Å². The number of ether oxygens (including phenoxy) is 1. The minimum atomic E-state index is -0.567. The lowest BCUT2D eigenvalue weighted by molar-refractivity contribution is -0.158. The molecule has 2 atom stereocenters. The Balaban J connectivity index is 1.89. The van der Waals surface area contributed by atoms with Crippen molar-refractivity contribution in [1.82, 2.24) is 15.2 Å². The summed E-state index contributed by atoms with van der Waals surface area (Å²) >= 11 is 0. The SMILES string of the molecule is CC(C)N1CCN(CC2CCC(C(=O)NN)O2)C(=O)C1=O. The third kappa shape index (κ3) is 3.33. The van der Waals surface area contributed by atoms with Gasteiger partial charge in [-0.2, -0.15) is 0 Å². The number of hydrazine groups is 1. The highest BCUT2D eigenvalue weighted by molar-refractivity contribution is 6.35. The average molecular weight is 298 g/mol. The van der Waals surface area contributed by atoms with Crippen LogP contribution in [0.2, 0.25) is 0 Å². The van der Waals surface area contributed by atoms with Gasteiger partial charge >= 0.3 is 11.8 Å². The highest BCUT2D eigenvalue weighted by Gasteiger charge is 2.37. The number of nitrogens with zero attached hydrogens (tertiary/aromatic N) is 2. The van der Waals surface area contributed by atoms with Gasteiger partial charge in [0.1, 0.15) is 6.10 Å². The zero-order chi connectivity index (χ0) is 15.6. The zero-order valence-electron chi connectivity index (χ0n) is 12.4. The number of nitrogens with one attached hydrogen (secondary N) is 1. The molecule has 0 saturated carbocycles. The fourth-order valence-electron chi connectivity index (χ4n) is 2.73. The van der Waals surface area contributed by atoms with Crippen molar-refractivity contribution >= 4 is 17.7 Å². The summed E-state index contributed by atoms with van der Waals surface area (Å²) in [5.41, 5.74) is 2.06. The van der Waals surface area contributed by atoms with Gasteiger partial charge in [0.05, 0.1) is 6.10 Å². The number of piperazine rings is 1. The predicted molar refractivity (Wildman–Crippen MR) is 73.7 cm³/mol. The van der Waals surface area contributed by atoms with Crippen molar-refractivity contribution in [3.63, 3.8) is 0 Å². The summed E-state index contributed by atoms with van der Waals surface area (Å²) in [4.78, 5) is 38.5. The molecule has 2 rings (SSSR count). The number of hydrogen-bond acceptors (Lipinski definition) is 5. The second kappa shape index (κ2) is 6.40. The molecule has 2 heterocycles. The normalized spacial score (nSPS) is 26.7. The molecule has 0 aromatic carbocycles.